The summed E-state index contributed by atoms with van der Waals surface area (Å²) in [5.74, 6) is -0.715. The molecule has 0 spiro atoms. The van der Waals surface area contributed by atoms with Crippen LogP contribution in [0.15, 0.2) is 63.9 Å². The molecule has 0 saturated carbocycles. The van der Waals surface area contributed by atoms with Crippen molar-refractivity contribution >= 4 is 39.1 Å². The molecule has 1 aliphatic rings. The lowest BCUT2D eigenvalue weighted by Gasteiger charge is -2.30. The van der Waals surface area contributed by atoms with Crippen LogP contribution >= 0.6 is 15.9 Å². The Bertz CT molecular complexity index is 1530. The van der Waals surface area contributed by atoms with Crippen LogP contribution in [0, 0.1) is 6.92 Å². The van der Waals surface area contributed by atoms with Crippen molar-refractivity contribution in [2.75, 3.05) is 18.5 Å². The van der Waals surface area contributed by atoms with E-state index < -0.39 is 5.97 Å². The number of carbonyl (C=O) groups is 2. The standard InChI is InChI=1S/C26H24BrN5O4/c1-3-36-26(35)23-15(2)30-32-22(34)12-18(28-25(23)32)13-31-14-21(33)29-20-10-9-17(27)11-19(20)24(31)16-7-5-4-6-8-16/h4-12,24,30H,3,13-14H2,1-2H3,(H,29,33). The summed E-state index contributed by atoms with van der Waals surface area (Å²) in [5.41, 5.74) is 3.65. The van der Waals surface area contributed by atoms with E-state index >= 15 is 0 Å². The zero-order valence-corrected chi connectivity index (χ0v) is 21.3. The van der Waals surface area contributed by atoms with Gasteiger partial charge in [0.15, 0.2) is 5.65 Å². The number of hydrogen-bond acceptors (Lipinski definition) is 6. The van der Waals surface area contributed by atoms with Gasteiger partial charge >= 0.3 is 5.97 Å². The fourth-order valence-corrected chi connectivity index (χ4v) is 5.02. The fourth-order valence-electron chi connectivity index (χ4n) is 4.64. The molecular formula is C26H24BrN5O4. The largest absolute Gasteiger partial charge is 0.462 e. The van der Waals surface area contributed by atoms with Crippen molar-refractivity contribution in [2.24, 2.45) is 0 Å². The van der Waals surface area contributed by atoms with Crippen LogP contribution in [0.3, 0.4) is 0 Å². The zero-order chi connectivity index (χ0) is 25.4. The summed E-state index contributed by atoms with van der Waals surface area (Å²) in [5, 5.41) is 5.89. The van der Waals surface area contributed by atoms with Gasteiger partial charge in [0.05, 0.1) is 24.9 Å². The number of benzene rings is 2. The minimum absolute atomic E-state index is 0.0871. The van der Waals surface area contributed by atoms with E-state index in [4.69, 9.17) is 4.74 Å². The molecule has 1 unspecified atom stereocenters. The highest BCUT2D eigenvalue weighted by Crippen LogP contribution is 2.37. The van der Waals surface area contributed by atoms with E-state index in [-0.39, 0.29) is 48.4 Å². The van der Waals surface area contributed by atoms with Crippen LogP contribution in [-0.4, -0.2) is 44.5 Å². The van der Waals surface area contributed by atoms with E-state index in [1.807, 2.05) is 53.4 Å². The average molecular weight is 550 g/mol. The molecule has 10 heteroatoms. The Hall–Kier alpha value is -3.76. The first-order chi connectivity index (χ1) is 17.4. The molecule has 184 valence electrons. The minimum atomic E-state index is -0.548. The van der Waals surface area contributed by atoms with Gasteiger partial charge in [-0.25, -0.2) is 14.3 Å². The Morgan fingerprint density at radius 1 is 1.17 bits per heavy atom. The van der Waals surface area contributed by atoms with Crippen LogP contribution in [0.25, 0.3) is 5.65 Å². The quantitative estimate of drug-likeness (QED) is 0.366. The maximum atomic E-state index is 12.9. The van der Waals surface area contributed by atoms with Gasteiger partial charge in [0.25, 0.3) is 5.56 Å². The van der Waals surface area contributed by atoms with Gasteiger partial charge in [-0.05, 0) is 43.2 Å². The van der Waals surface area contributed by atoms with Gasteiger partial charge in [-0.15, -0.1) is 0 Å². The van der Waals surface area contributed by atoms with Crippen molar-refractivity contribution in [3.63, 3.8) is 0 Å². The number of nitrogens with one attached hydrogen (secondary N) is 2. The summed E-state index contributed by atoms with van der Waals surface area (Å²) in [4.78, 5) is 45.1. The van der Waals surface area contributed by atoms with Gasteiger partial charge in [-0.1, -0.05) is 46.3 Å². The topological polar surface area (TPSA) is 109 Å². The molecular weight excluding hydrogens is 526 g/mol. The molecule has 2 aromatic carbocycles. The molecule has 1 amide bonds. The summed E-state index contributed by atoms with van der Waals surface area (Å²) in [7, 11) is 0. The number of halogens is 1. The highest BCUT2D eigenvalue weighted by Gasteiger charge is 2.31. The Balaban J connectivity index is 1.63. The molecule has 0 saturated heterocycles. The Morgan fingerprint density at radius 2 is 1.94 bits per heavy atom. The van der Waals surface area contributed by atoms with Crippen LogP contribution < -0.4 is 10.9 Å². The third-order valence-electron chi connectivity index (χ3n) is 6.10. The third-order valence-corrected chi connectivity index (χ3v) is 6.60. The third kappa shape index (κ3) is 4.45. The molecule has 3 heterocycles. The van der Waals surface area contributed by atoms with E-state index in [1.54, 1.807) is 13.8 Å². The number of H-pyrrole nitrogens is 1. The molecule has 0 radical (unpaired) electrons. The van der Waals surface area contributed by atoms with Crippen molar-refractivity contribution in [3.8, 4) is 0 Å². The second kappa shape index (κ2) is 9.71. The summed E-state index contributed by atoms with van der Waals surface area (Å²) in [6, 6.07) is 16.8. The van der Waals surface area contributed by atoms with Crippen molar-refractivity contribution < 1.29 is 14.3 Å². The lowest BCUT2D eigenvalue weighted by molar-refractivity contribution is -0.117. The number of fused-ring (bicyclic) bond motifs is 2. The first-order valence-corrected chi connectivity index (χ1v) is 12.3. The van der Waals surface area contributed by atoms with Crippen molar-refractivity contribution in [1.29, 1.82) is 0 Å². The van der Waals surface area contributed by atoms with Gasteiger partial charge in [0.2, 0.25) is 5.91 Å². The van der Waals surface area contributed by atoms with Gasteiger partial charge < -0.3 is 10.1 Å². The van der Waals surface area contributed by atoms with E-state index in [2.05, 4.69) is 31.3 Å². The van der Waals surface area contributed by atoms with Gasteiger partial charge in [-0.3, -0.25) is 19.6 Å². The lowest BCUT2D eigenvalue weighted by atomic mass is 9.96. The summed E-state index contributed by atoms with van der Waals surface area (Å²) in [6.45, 7) is 3.91. The number of carbonyl (C=O) groups excluding carboxylic acids is 2. The van der Waals surface area contributed by atoms with E-state index in [0.717, 1.165) is 21.3 Å². The number of aromatic amines is 1. The highest BCUT2D eigenvalue weighted by molar-refractivity contribution is 9.10. The molecule has 2 N–H and O–H groups in total. The van der Waals surface area contributed by atoms with Crippen molar-refractivity contribution in [2.45, 2.75) is 26.4 Å². The van der Waals surface area contributed by atoms with Crippen LogP contribution in [0.4, 0.5) is 5.69 Å². The second-order valence-electron chi connectivity index (χ2n) is 8.57. The molecule has 2 aromatic heterocycles. The molecule has 9 nitrogen and oxygen atoms in total. The van der Waals surface area contributed by atoms with Crippen LogP contribution in [0.5, 0.6) is 0 Å². The second-order valence-corrected chi connectivity index (χ2v) is 9.49. The summed E-state index contributed by atoms with van der Waals surface area (Å²) >= 11 is 3.56. The molecule has 36 heavy (non-hydrogen) atoms. The number of ether oxygens (including phenoxy) is 1. The van der Waals surface area contributed by atoms with E-state index in [9.17, 15) is 14.4 Å². The predicted molar refractivity (Wildman–Crippen MR) is 138 cm³/mol. The van der Waals surface area contributed by atoms with E-state index in [0.29, 0.717) is 11.4 Å². The molecule has 0 bridgehead atoms. The first-order valence-electron chi connectivity index (χ1n) is 11.5. The molecule has 1 atom stereocenters. The van der Waals surface area contributed by atoms with Gasteiger partial charge in [0, 0.05) is 28.5 Å². The van der Waals surface area contributed by atoms with Gasteiger partial charge in [0.1, 0.15) is 5.56 Å². The van der Waals surface area contributed by atoms with Crippen molar-refractivity contribution in [3.05, 3.63) is 97.5 Å². The number of nitrogens with zero attached hydrogens (tertiary/aromatic N) is 3. The number of amides is 1. The van der Waals surface area contributed by atoms with Crippen molar-refractivity contribution in [1.82, 2.24) is 19.5 Å². The first kappa shape index (κ1) is 24.0. The Labute approximate surface area is 215 Å². The number of aromatic nitrogens is 3. The minimum Gasteiger partial charge on any atom is -0.462 e. The number of anilines is 1. The predicted octanol–water partition coefficient (Wildman–Crippen LogP) is 3.81. The maximum absolute atomic E-state index is 12.9. The lowest BCUT2D eigenvalue weighted by Crippen LogP contribution is -2.34. The number of aryl methyl sites for hydroxylation is 1. The summed E-state index contributed by atoms with van der Waals surface area (Å²) < 4.78 is 7.30. The smallest absolute Gasteiger partial charge is 0.343 e. The van der Waals surface area contributed by atoms with Crippen LogP contribution in [0.1, 0.15) is 45.8 Å². The number of rotatable bonds is 5. The highest BCUT2D eigenvalue weighted by atomic mass is 79.9. The normalized spacial score (nSPS) is 15.9. The molecule has 1 aliphatic heterocycles. The Morgan fingerprint density at radius 3 is 2.69 bits per heavy atom. The zero-order valence-electron chi connectivity index (χ0n) is 19.7. The fraction of sp³-hybridized carbons (Fsp3) is 0.231. The molecule has 0 fully saturated rings. The molecule has 4 aromatic rings. The van der Waals surface area contributed by atoms with E-state index in [1.165, 1.54) is 10.6 Å². The number of hydrogen-bond donors (Lipinski definition) is 2. The molecule has 5 rings (SSSR count). The SMILES string of the molecule is CCOC(=O)c1c(C)[nH]n2c(=O)cc(CN3CC(=O)Nc4ccc(Br)cc4C3c3ccccc3)nc12. The monoisotopic (exact) mass is 549 g/mol. The van der Waals surface area contributed by atoms with Crippen LogP contribution in [-0.2, 0) is 16.1 Å². The van der Waals surface area contributed by atoms with Crippen LogP contribution in [0.2, 0.25) is 0 Å². The number of esters is 1. The molecule has 0 aliphatic carbocycles. The maximum Gasteiger partial charge on any atom is 0.343 e. The van der Waals surface area contributed by atoms with Gasteiger partial charge in [-0.2, -0.15) is 0 Å². The summed E-state index contributed by atoms with van der Waals surface area (Å²) in [6.07, 6.45) is 0. The average Bonchev–Trinajstić information content (AvgIpc) is 3.11. The Kier molecular flexibility index (Phi) is 6.46.